The van der Waals surface area contributed by atoms with Crippen molar-refractivity contribution in [2.24, 2.45) is 0 Å². The van der Waals surface area contributed by atoms with Gasteiger partial charge in [-0.25, -0.2) is 4.98 Å². The average molecular weight is 315 g/mol. The van der Waals surface area contributed by atoms with Crippen LogP contribution in [0, 0.1) is 0 Å². The second-order valence-corrected chi connectivity index (χ2v) is 7.30. The molecule has 0 saturated carbocycles. The molecule has 0 spiro atoms. The number of hydrogen-bond acceptors (Lipinski definition) is 4. The lowest BCUT2D eigenvalue weighted by Crippen LogP contribution is -2.47. The Bertz CT molecular complexity index is 555. The maximum absolute atomic E-state index is 4.41. The highest BCUT2D eigenvalue weighted by atomic mass is 32.1. The third kappa shape index (κ3) is 3.94. The molecule has 1 fully saturated rings. The fourth-order valence-corrected chi connectivity index (χ4v) is 4.00. The number of rotatable bonds is 5. The van der Waals surface area contributed by atoms with Crippen molar-refractivity contribution in [3.63, 3.8) is 0 Å². The third-order valence-electron chi connectivity index (χ3n) is 4.71. The number of aromatic nitrogens is 1. The fraction of sp³-hybridized carbons (Fsp3) is 0.500. The van der Waals surface area contributed by atoms with E-state index in [1.54, 1.807) is 11.3 Å². The van der Waals surface area contributed by atoms with E-state index < -0.39 is 0 Å². The van der Waals surface area contributed by atoms with Crippen LogP contribution in [0.2, 0.25) is 0 Å². The quantitative estimate of drug-likeness (QED) is 0.840. The van der Waals surface area contributed by atoms with Crippen molar-refractivity contribution >= 4 is 11.3 Å². The van der Waals surface area contributed by atoms with Crippen LogP contribution in [0.4, 0.5) is 0 Å². The Morgan fingerprint density at radius 2 is 2.14 bits per heavy atom. The lowest BCUT2D eigenvalue weighted by Gasteiger charge is -2.41. The lowest BCUT2D eigenvalue weighted by molar-refractivity contribution is 0.0771. The van der Waals surface area contributed by atoms with Gasteiger partial charge in [0.2, 0.25) is 0 Å². The van der Waals surface area contributed by atoms with Crippen LogP contribution in [0.3, 0.4) is 0 Å². The molecule has 3 nitrogen and oxygen atoms in total. The normalized spacial score (nSPS) is 23.0. The molecule has 3 rings (SSSR count). The Hall–Kier alpha value is -1.23. The maximum atomic E-state index is 4.41. The Morgan fingerprint density at radius 3 is 2.82 bits per heavy atom. The van der Waals surface area contributed by atoms with Gasteiger partial charge in [0.05, 0.1) is 6.54 Å². The first kappa shape index (κ1) is 15.7. The van der Waals surface area contributed by atoms with Gasteiger partial charge in [-0.3, -0.25) is 9.80 Å². The molecule has 0 bridgehead atoms. The number of likely N-dealkylation sites (tertiary alicyclic amines) is 1. The van der Waals surface area contributed by atoms with E-state index in [2.05, 4.69) is 64.5 Å². The van der Waals surface area contributed by atoms with Gasteiger partial charge in [0, 0.05) is 36.8 Å². The van der Waals surface area contributed by atoms with Crippen LogP contribution < -0.4 is 0 Å². The van der Waals surface area contributed by atoms with E-state index in [4.69, 9.17) is 0 Å². The maximum Gasteiger partial charge on any atom is 0.107 e. The predicted molar refractivity (Wildman–Crippen MR) is 92.9 cm³/mol. The molecule has 2 aromatic rings. The molecule has 0 radical (unpaired) electrons. The minimum Gasteiger partial charge on any atom is -0.297 e. The number of thiazole rings is 1. The van der Waals surface area contributed by atoms with Gasteiger partial charge in [0.15, 0.2) is 0 Å². The van der Waals surface area contributed by atoms with E-state index in [-0.39, 0.29) is 0 Å². The van der Waals surface area contributed by atoms with Crippen molar-refractivity contribution in [2.45, 2.75) is 44.9 Å². The van der Waals surface area contributed by atoms with Crippen molar-refractivity contribution in [1.82, 2.24) is 14.8 Å². The van der Waals surface area contributed by atoms with E-state index >= 15 is 0 Å². The molecule has 1 saturated heterocycles. The van der Waals surface area contributed by atoms with Crippen molar-refractivity contribution in [1.29, 1.82) is 0 Å². The summed E-state index contributed by atoms with van der Waals surface area (Å²) in [4.78, 5) is 9.50. The minimum atomic E-state index is 0.637. The van der Waals surface area contributed by atoms with Gasteiger partial charge >= 0.3 is 0 Å². The Morgan fingerprint density at radius 1 is 1.32 bits per heavy atom. The predicted octanol–water partition coefficient (Wildman–Crippen LogP) is 3.63. The fourth-order valence-electron chi connectivity index (χ4n) is 3.32. The average Bonchev–Trinajstić information content (AvgIpc) is 3.03. The molecule has 0 aliphatic carbocycles. The third-order valence-corrected chi connectivity index (χ3v) is 5.47. The first-order valence-electron chi connectivity index (χ1n) is 8.09. The molecular formula is C18H25N3S. The van der Waals surface area contributed by atoms with Crippen LogP contribution in [-0.4, -0.2) is 40.5 Å². The molecular weight excluding hydrogens is 290 g/mol. The summed E-state index contributed by atoms with van der Waals surface area (Å²) < 4.78 is 0. The topological polar surface area (TPSA) is 19.4 Å². The smallest absolute Gasteiger partial charge is 0.107 e. The number of piperidine rings is 1. The number of benzene rings is 1. The van der Waals surface area contributed by atoms with E-state index in [1.807, 2.05) is 6.20 Å². The molecule has 118 valence electrons. The standard InChI is InChI=1S/C18H25N3S/c1-15-12-17(20(2)14-18-19-9-11-22-18)8-10-21(15)13-16-6-4-3-5-7-16/h3-7,9,11,15,17H,8,10,12-14H2,1-2H3/t15-,17+/m1/s1. The first-order chi connectivity index (χ1) is 10.7. The largest absolute Gasteiger partial charge is 0.297 e. The van der Waals surface area contributed by atoms with Crippen LogP contribution >= 0.6 is 11.3 Å². The van der Waals surface area contributed by atoms with E-state index in [0.717, 1.165) is 13.1 Å². The zero-order chi connectivity index (χ0) is 15.4. The Balaban J connectivity index is 1.53. The van der Waals surface area contributed by atoms with Gasteiger partial charge in [-0.1, -0.05) is 30.3 Å². The molecule has 1 aliphatic heterocycles. The summed E-state index contributed by atoms with van der Waals surface area (Å²) in [6.45, 7) is 5.61. The summed E-state index contributed by atoms with van der Waals surface area (Å²) in [6.07, 6.45) is 4.40. The summed E-state index contributed by atoms with van der Waals surface area (Å²) >= 11 is 1.76. The van der Waals surface area contributed by atoms with Gasteiger partial charge in [-0.05, 0) is 32.4 Å². The van der Waals surface area contributed by atoms with E-state index in [0.29, 0.717) is 12.1 Å². The van der Waals surface area contributed by atoms with Crippen LogP contribution in [0.1, 0.15) is 30.3 Å². The van der Waals surface area contributed by atoms with Gasteiger partial charge in [0.1, 0.15) is 5.01 Å². The van der Waals surface area contributed by atoms with Gasteiger partial charge in [-0.2, -0.15) is 0 Å². The van der Waals surface area contributed by atoms with Gasteiger partial charge < -0.3 is 0 Å². The van der Waals surface area contributed by atoms with Crippen LogP contribution in [0.15, 0.2) is 41.9 Å². The molecule has 0 amide bonds. The second kappa shape index (κ2) is 7.36. The summed E-state index contributed by atoms with van der Waals surface area (Å²) in [5.74, 6) is 0. The molecule has 2 heterocycles. The molecule has 1 aliphatic rings. The number of hydrogen-bond donors (Lipinski definition) is 0. The Kier molecular flexibility index (Phi) is 5.24. The van der Waals surface area contributed by atoms with E-state index in [1.165, 1.54) is 30.0 Å². The molecule has 1 aromatic carbocycles. The molecule has 0 N–H and O–H groups in total. The van der Waals surface area contributed by atoms with Crippen LogP contribution in [0.25, 0.3) is 0 Å². The molecule has 2 atom stereocenters. The lowest BCUT2D eigenvalue weighted by atomic mass is 9.96. The van der Waals surface area contributed by atoms with Crippen LogP contribution in [0.5, 0.6) is 0 Å². The highest BCUT2D eigenvalue weighted by Gasteiger charge is 2.27. The summed E-state index contributed by atoms with van der Waals surface area (Å²) in [5.41, 5.74) is 1.42. The molecule has 1 aromatic heterocycles. The monoisotopic (exact) mass is 315 g/mol. The zero-order valence-corrected chi connectivity index (χ0v) is 14.3. The van der Waals surface area contributed by atoms with E-state index in [9.17, 15) is 0 Å². The first-order valence-corrected chi connectivity index (χ1v) is 8.97. The van der Waals surface area contributed by atoms with Crippen molar-refractivity contribution in [3.8, 4) is 0 Å². The Labute approximate surface area is 137 Å². The summed E-state index contributed by atoms with van der Waals surface area (Å²) in [6, 6.07) is 12.1. The van der Waals surface area contributed by atoms with Gasteiger partial charge in [-0.15, -0.1) is 11.3 Å². The highest BCUT2D eigenvalue weighted by molar-refractivity contribution is 7.09. The zero-order valence-electron chi connectivity index (χ0n) is 13.5. The SMILES string of the molecule is C[C@@H]1C[C@@H](N(C)Cc2nccs2)CCN1Cc1ccccc1. The summed E-state index contributed by atoms with van der Waals surface area (Å²) in [5, 5.41) is 3.29. The minimum absolute atomic E-state index is 0.637. The molecule has 0 unspecified atom stereocenters. The second-order valence-electron chi connectivity index (χ2n) is 6.32. The molecule has 22 heavy (non-hydrogen) atoms. The van der Waals surface area contributed by atoms with Crippen molar-refractivity contribution in [2.75, 3.05) is 13.6 Å². The van der Waals surface area contributed by atoms with Crippen molar-refractivity contribution < 1.29 is 0 Å². The van der Waals surface area contributed by atoms with Gasteiger partial charge in [0.25, 0.3) is 0 Å². The summed E-state index contributed by atoms with van der Waals surface area (Å²) in [7, 11) is 2.24. The highest BCUT2D eigenvalue weighted by Crippen LogP contribution is 2.24. The van der Waals surface area contributed by atoms with Crippen LogP contribution in [-0.2, 0) is 13.1 Å². The van der Waals surface area contributed by atoms with Crippen molar-refractivity contribution in [3.05, 3.63) is 52.5 Å². The number of nitrogens with zero attached hydrogens (tertiary/aromatic N) is 3. The molecule has 4 heteroatoms.